The van der Waals surface area contributed by atoms with E-state index in [1.54, 1.807) is 24.3 Å². The third kappa shape index (κ3) is 4.24. The van der Waals surface area contributed by atoms with E-state index in [1.165, 1.54) is 12.5 Å². The zero-order valence-electron chi connectivity index (χ0n) is 16.2. The van der Waals surface area contributed by atoms with Gasteiger partial charge < -0.3 is 5.32 Å². The van der Waals surface area contributed by atoms with Crippen LogP contribution in [0.25, 0.3) is 11.0 Å². The van der Waals surface area contributed by atoms with Gasteiger partial charge in [0.1, 0.15) is 6.54 Å². The van der Waals surface area contributed by atoms with E-state index < -0.39 is 0 Å². The van der Waals surface area contributed by atoms with Crippen LogP contribution in [0.15, 0.2) is 85.2 Å². The third-order valence-electron chi connectivity index (χ3n) is 4.86. The molecular weight excluding hydrogens is 362 g/mol. The molecule has 0 fully saturated rings. The van der Waals surface area contributed by atoms with Crippen molar-refractivity contribution in [3.05, 3.63) is 96.3 Å². The third-order valence-corrected chi connectivity index (χ3v) is 4.86. The fourth-order valence-electron chi connectivity index (χ4n) is 3.42. The standard InChI is InChI=1S/C24H21N3O2/c1-18(28)20-11-13-21(14-12-20)25-24(29)16-27-17-26(15-19-7-3-2-4-8-19)22-9-5-6-10-23(22)27/h2-14,17H,15-16H2,1H3/p+1. The number of ketones is 1. The molecule has 1 amide bonds. The summed E-state index contributed by atoms with van der Waals surface area (Å²) in [4.78, 5) is 24.0. The number of fused-ring (bicyclic) bond motifs is 1. The Bertz CT molecular complexity index is 1160. The molecule has 4 rings (SSSR count). The van der Waals surface area contributed by atoms with Crippen LogP contribution in [0.5, 0.6) is 0 Å². The van der Waals surface area contributed by atoms with Crippen LogP contribution in [0.3, 0.4) is 0 Å². The van der Waals surface area contributed by atoms with E-state index in [1.807, 2.05) is 47.3 Å². The van der Waals surface area contributed by atoms with Crippen molar-refractivity contribution in [3.8, 4) is 0 Å². The van der Waals surface area contributed by atoms with Gasteiger partial charge in [-0.2, -0.15) is 0 Å². The highest BCUT2D eigenvalue weighted by molar-refractivity contribution is 5.95. The van der Waals surface area contributed by atoms with Crippen LogP contribution < -0.4 is 9.88 Å². The summed E-state index contributed by atoms with van der Waals surface area (Å²) in [5, 5.41) is 2.90. The normalized spacial score (nSPS) is 10.8. The number of aromatic nitrogens is 2. The molecule has 1 N–H and O–H groups in total. The second kappa shape index (κ2) is 8.10. The number of carbonyl (C=O) groups is 2. The number of hydrogen-bond donors (Lipinski definition) is 1. The Labute approximate surface area is 169 Å². The van der Waals surface area contributed by atoms with Gasteiger partial charge in [0.05, 0.1) is 0 Å². The molecule has 0 radical (unpaired) electrons. The molecule has 5 nitrogen and oxygen atoms in total. The fourth-order valence-corrected chi connectivity index (χ4v) is 3.42. The van der Waals surface area contributed by atoms with E-state index in [4.69, 9.17) is 0 Å². The first-order chi connectivity index (χ1) is 14.1. The van der Waals surface area contributed by atoms with Crippen molar-refractivity contribution < 1.29 is 14.2 Å². The van der Waals surface area contributed by atoms with Crippen molar-refractivity contribution in [2.24, 2.45) is 0 Å². The summed E-state index contributed by atoms with van der Waals surface area (Å²) < 4.78 is 4.11. The molecular formula is C24H22N3O2+. The first-order valence-electron chi connectivity index (χ1n) is 9.52. The minimum absolute atomic E-state index is 0.00431. The predicted molar refractivity (Wildman–Crippen MR) is 113 cm³/mol. The summed E-state index contributed by atoms with van der Waals surface area (Å²) in [5.41, 5.74) is 4.59. The molecule has 5 heteroatoms. The summed E-state index contributed by atoms with van der Waals surface area (Å²) in [6, 6.07) is 25.2. The average Bonchev–Trinajstić information content (AvgIpc) is 3.06. The highest BCUT2D eigenvalue weighted by Crippen LogP contribution is 2.14. The van der Waals surface area contributed by atoms with E-state index in [2.05, 4.69) is 28.1 Å². The van der Waals surface area contributed by atoms with Crippen LogP contribution in [0, 0.1) is 0 Å². The Kier molecular flexibility index (Phi) is 5.20. The lowest BCUT2D eigenvalue weighted by Gasteiger charge is -2.04. The first kappa shape index (κ1) is 18.6. The molecule has 0 unspecified atom stereocenters. The second-order valence-electron chi connectivity index (χ2n) is 7.03. The lowest BCUT2D eigenvalue weighted by atomic mass is 10.1. The van der Waals surface area contributed by atoms with Gasteiger partial charge in [-0.05, 0) is 48.9 Å². The number of rotatable bonds is 6. The van der Waals surface area contributed by atoms with E-state index in [0.29, 0.717) is 11.3 Å². The van der Waals surface area contributed by atoms with Gasteiger partial charge in [-0.15, -0.1) is 0 Å². The number of nitrogens with one attached hydrogen (secondary N) is 1. The van der Waals surface area contributed by atoms with Gasteiger partial charge in [0.15, 0.2) is 23.4 Å². The molecule has 0 aliphatic rings. The fraction of sp³-hybridized carbons (Fsp3) is 0.125. The molecule has 0 aliphatic carbocycles. The number of para-hydroxylation sites is 2. The Morgan fingerprint density at radius 2 is 1.59 bits per heavy atom. The van der Waals surface area contributed by atoms with Crippen molar-refractivity contribution in [2.45, 2.75) is 20.0 Å². The monoisotopic (exact) mass is 384 g/mol. The quantitative estimate of drug-likeness (QED) is 0.406. The number of anilines is 1. The van der Waals surface area contributed by atoms with E-state index in [0.717, 1.165) is 17.6 Å². The maximum absolute atomic E-state index is 12.6. The molecule has 0 aliphatic heterocycles. The van der Waals surface area contributed by atoms with Crippen LogP contribution in [0.2, 0.25) is 0 Å². The largest absolute Gasteiger partial charge is 0.323 e. The number of benzene rings is 3. The van der Waals surface area contributed by atoms with Gasteiger partial charge in [-0.3, -0.25) is 9.59 Å². The lowest BCUT2D eigenvalue weighted by molar-refractivity contribution is -0.663. The zero-order chi connectivity index (χ0) is 20.2. The number of amides is 1. The molecule has 1 heterocycles. The number of nitrogens with zero attached hydrogens (tertiary/aromatic N) is 2. The maximum Gasteiger partial charge on any atom is 0.266 e. The van der Waals surface area contributed by atoms with Crippen LogP contribution in [-0.2, 0) is 17.9 Å². The van der Waals surface area contributed by atoms with Crippen molar-refractivity contribution in [3.63, 3.8) is 0 Å². The molecule has 0 bridgehead atoms. The summed E-state index contributed by atoms with van der Waals surface area (Å²) in [6.45, 7) is 2.47. The number of carbonyl (C=O) groups excluding carboxylic acids is 2. The Balaban J connectivity index is 1.54. The predicted octanol–water partition coefficient (Wildman–Crippen LogP) is 3.82. The molecule has 1 aromatic heterocycles. The highest BCUT2D eigenvalue weighted by Gasteiger charge is 2.18. The first-order valence-corrected chi connectivity index (χ1v) is 9.52. The van der Waals surface area contributed by atoms with Crippen molar-refractivity contribution in [1.82, 2.24) is 4.57 Å². The number of hydrogen-bond acceptors (Lipinski definition) is 2. The summed E-state index contributed by atoms with van der Waals surface area (Å²) >= 11 is 0. The molecule has 0 spiro atoms. The van der Waals surface area contributed by atoms with Crippen molar-refractivity contribution in [1.29, 1.82) is 0 Å². The lowest BCUT2D eigenvalue weighted by Crippen LogP contribution is -2.33. The van der Waals surface area contributed by atoms with Gasteiger partial charge in [-0.1, -0.05) is 42.5 Å². The molecule has 0 atom stereocenters. The molecule has 144 valence electrons. The van der Waals surface area contributed by atoms with Gasteiger partial charge >= 0.3 is 0 Å². The van der Waals surface area contributed by atoms with Gasteiger partial charge in [0.25, 0.3) is 5.91 Å². The molecule has 29 heavy (non-hydrogen) atoms. The summed E-state index contributed by atoms with van der Waals surface area (Å²) in [6.07, 6.45) is 1.98. The molecule has 3 aromatic carbocycles. The zero-order valence-corrected chi connectivity index (χ0v) is 16.2. The van der Waals surface area contributed by atoms with Crippen molar-refractivity contribution in [2.75, 3.05) is 5.32 Å². The Hall–Kier alpha value is -3.73. The van der Waals surface area contributed by atoms with Gasteiger partial charge in [-0.25, -0.2) is 9.13 Å². The second-order valence-corrected chi connectivity index (χ2v) is 7.03. The van der Waals surface area contributed by atoms with Crippen LogP contribution in [-0.4, -0.2) is 16.3 Å². The van der Waals surface area contributed by atoms with E-state index in [9.17, 15) is 9.59 Å². The average molecular weight is 384 g/mol. The van der Waals surface area contributed by atoms with E-state index >= 15 is 0 Å². The highest BCUT2D eigenvalue weighted by atomic mass is 16.2. The van der Waals surface area contributed by atoms with Crippen molar-refractivity contribution >= 4 is 28.4 Å². The SMILES string of the molecule is CC(=O)c1ccc(NC(=O)Cn2c[n+](Cc3ccccc3)c3ccccc32)cc1. The van der Waals surface area contributed by atoms with Gasteiger partial charge in [0, 0.05) is 11.3 Å². The molecule has 0 saturated heterocycles. The Morgan fingerprint density at radius 1 is 0.897 bits per heavy atom. The van der Waals surface area contributed by atoms with Gasteiger partial charge in [0.2, 0.25) is 6.33 Å². The summed E-state index contributed by atoms with van der Waals surface area (Å²) in [7, 11) is 0. The number of Topliss-reactive ketones (excluding diaryl/α,β-unsaturated/α-hetero) is 1. The minimum atomic E-state index is -0.117. The van der Waals surface area contributed by atoms with Crippen LogP contribution >= 0.6 is 0 Å². The molecule has 0 saturated carbocycles. The van der Waals surface area contributed by atoms with Crippen LogP contribution in [0.4, 0.5) is 5.69 Å². The summed E-state index contributed by atoms with van der Waals surface area (Å²) in [5.74, 6) is -0.113. The maximum atomic E-state index is 12.6. The molecule has 4 aromatic rings. The van der Waals surface area contributed by atoms with Crippen LogP contribution in [0.1, 0.15) is 22.8 Å². The number of imidazole rings is 1. The minimum Gasteiger partial charge on any atom is -0.323 e. The topological polar surface area (TPSA) is 55.0 Å². The Morgan fingerprint density at radius 3 is 2.31 bits per heavy atom. The smallest absolute Gasteiger partial charge is 0.266 e. The van der Waals surface area contributed by atoms with E-state index in [-0.39, 0.29) is 18.2 Å².